The summed E-state index contributed by atoms with van der Waals surface area (Å²) in [7, 11) is 0. The molecule has 0 heterocycles. The van der Waals surface area contributed by atoms with E-state index in [1.54, 1.807) is 12.1 Å². The van der Waals surface area contributed by atoms with Gasteiger partial charge in [0.25, 0.3) is 0 Å². The molecule has 2 aromatic rings. The van der Waals surface area contributed by atoms with Crippen LogP contribution in [0.3, 0.4) is 0 Å². The minimum absolute atomic E-state index is 0.254. The lowest BCUT2D eigenvalue weighted by Crippen LogP contribution is -2.31. The Labute approximate surface area is 134 Å². The van der Waals surface area contributed by atoms with Gasteiger partial charge in [-0.05, 0) is 55.2 Å². The van der Waals surface area contributed by atoms with Crippen LogP contribution in [0.15, 0.2) is 30.3 Å². The van der Waals surface area contributed by atoms with Crippen LogP contribution in [0.4, 0.5) is 4.39 Å². The van der Waals surface area contributed by atoms with Crippen molar-refractivity contribution in [2.24, 2.45) is 5.84 Å². The van der Waals surface area contributed by atoms with E-state index >= 15 is 0 Å². The average Bonchev–Trinajstić information content (AvgIpc) is 2.40. The van der Waals surface area contributed by atoms with E-state index in [2.05, 4.69) is 5.43 Å². The number of aryl methyl sites for hydroxylation is 2. The number of benzene rings is 2. The van der Waals surface area contributed by atoms with E-state index in [9.17, 15) is 4.39 Å². The van der Waals surface area contributed by atoms with E-state index in [0.29, 0.717) is 22.0 Å². The highest BCUT2D eigenvalue weighted by Crippen LogP contribution is 2.28. The predicted molar refractivity (Wildman–Crippen MR) is 86.1 cm³/mol. The minimum atomic E-state index is -0.331. The molecule has 0 fully saturated rings. The van der Waals surface area contributed by atoms with Crippen LogP contribution in [0.1, 0.15) is 28.3 Å². The summed E-state index contributed by atoms with van der Waals surface area (Å²) in [5.74, 6) is 5.37. The summed E-state index contributed by atoms with van der Waals surface area (Å²) < 4.78 is 14.3. The summed E-state index contributed by atoms with van der Waals surface area (Å²) in [4.78, 5) is 0. The van der Waals surface area contributed by atoms with Gasteiger partial charge in [-0.25, -0.2) is 4.39 Å². The van der Waals surface area contributed by atoms with Gasteiger partial charge in [-0.3, -0.25) is 11.3 Å². The largest absolute Gasteiger partial charge is 0.271 e. The number of hydrogen-bond donors (Lipinski definition) is 2. The fraction of sp³-hybridized carbons (Fsp3) is 0.250. The van der Waals surface area contributed by atoms with E-state index < -0.39 is 0 Å². The second-order valence-electron chi connectivity index (χ2n) is 5.15. The quantitative estimate of drug-likeness (QED) is 0.641. The van der Waals surface area contributed by atoms with Gasteiger partial charge >= 0.3 is 0 Å². The second kappa shape index (κ2) is 6.75. The zero-order valence-electron chi connectivity index (χ0n) is 11.9. The average molecular weight is 327 g/mol. The molecule has 2 aromatic carbocycles. The first-order chi connectivity index (χ1) is 9.92. The van der Waals surface area contributed by atoms with Crippen molar-refractivity contribution in [1.29, 1.82) is 0 Å². The zero-order chi connectivity index (χ0) is 15.6. The summed E-state index contributed by atoms with van der Waals surface area (Å²) in [6.07, 6.45) is 0.522. The maximum atomic E-state index is 14.3. The third-order valence-corrected chi connectivity index (χ3v) is 4.19. The molecule has 0 aromatic heterocycles. The second-order valence-corrected chi connectivity index (χ2v) is 5.96. The lowest BCUT2D eigenvalue weighted by atomic mass is 9.94. The summed E-state index contributed by atoms with van der Waals surface area (Å²) in [6, 6.07) is 8.49. The van der Waals surface area contributed by atoms with Crippen LogP contribution in [-0.2, 0) is 6.42 Å². The van der Waals surface area contributed by atoms with Crippen LogP contribution in [0.2, 0.25) is 10.0 Å². The van der Waals surface area contributed by atoms with Crippen molar-refractivity contribution < 1.29 is 4.39 Å². The number of nitrogens with one attached hydrogen (secondary N) is 1. The van der Waals surface area contributed by atoms with Crippen molar-refractivity contribution in [1.82, 2.24) is 5.43 Å². The van der Waals surface area contributed by atoms with Crippen molar-refractivity contribution in [2.45, 2.75) is 26.3 Å². The van der Waals surface area contributed by atoms with Crippen molar-refractivity contribution in [3.8, 4) is 0 Å². The molecule has 1 atom stereocenters. The van der Waals surface area contributed by atoms with Gasteiger partial charge in [-0.1, -0.05) is 35.3 Å². The van der Waals surface area contributed by atoms with Crippen molar-refractivity contribution in [2.75, 3.05) is 0 Å². The van der Waals surface area contributed by atoms with Gasteiger partial charge < -0.3 is 0 Å². The Kier molecular flexibility index (Phi) is 5.22. The maximum Gasteiger partial charge on any atom is 0.128 e. The Hall–Kier alpha value is -1.13. The van der Waals surface area contributed by atoms with Gasteiger partial charge in [0.2, 0.25) is 0 Å². The van der Waals surface area contributed by atoms with Gasteiger partial charge in [0.15, 0.2) is 0 Å². The van der Waals surface area contributed by atoms with Gasteiger partial charge in [0, 0.05) is 5.56 Å². The smallest absolute Gasteiger partial charge is 0.128 e. The topological polar surface area (TPSA) is 38.0 Å². The third-order valence-electron chi connectivity index (χ3n) is 3.45. The predicted octanol–water partition coefficient (Wildman–Crippen LogP) is 4.50. The number of hydrogen-bond acceptors (Lipinski definition) is 2. The Morgan fingerprint density at radius 3 is 2.43 bits per heavy atom. The molecule has 0 aliphatic rings. The first-order valence-corrected chi connectivity index (χ1v) is 7.34. The Morgan fingerprint density at radius 1 is 1.14 bits per heavy atom. The van der Waals surface area contributed by atoms with Crippen LogP contribution >= 0.6 is 23.2 Å². The van der Waals surface area contributed by atoms with Crippen LogP contribution in [-0.4, -0.2) is 0 Å². The van der Waals surface area contributed by atoms with E-state index in [1.807, 2.05) is 26.0 Å². The molecule has 1 unspecified atom stereocenters. The summed E-state index contributed by atoms with van der Waals surface area (Å²) in [5.41, 5.74) is 5.96. The molecule has 112 valence electrons. The molecule has 0 radical (unpaired) electrons. The molecule has 21 heavy (non-hydrogen) atoms. The molecule has 3 N–H and O–H groups in total. The van der Waals surface area contributed by atoms with Gasteiger partial charge in [-0.15, -0.1) is 0 Å². The van der Waals surface area contributed by atoms with Crippen LogP contribution in [0.25, 0.3) is 0 Å². The van der Waals surface area contributed by atoms with Crippen LogP contribution in [0.5, 0.6) is 0 Å². The van der Waals surface area contributed by atoms with Crippen molar-refractivity contribution in [3.05, 3.63) is 68.4 Å². The normalized spacial score (nSPS) is 12.5. The molecular formula is C16H17Cl2FN2. The molecule has 0 aliphatic heterocycles. The lowest BCUT2D eigenvalue weighted by molar-refractivity contribution is 0.507. The highest BCUT2D eigenvalue weighted by molar-refractivity contribution is 6.42. The molecule has 0 bridgehead atoms. The summed E-state index contributed by atoms with van der Waals surface area (Å²) in [6.45, 7) is 3.74. The fourth-order valence-electron chi connectivity index (χ4n) is 2.51. The Bertz CT molecular complexity index is 636. The molecule has 0 saturated heterocycles. The molecular weight excluding hydrogens is 310 g/mol. The number of nitrogens with two attached hydrogens (primary N) is 1. The van der Waals surface area contributed by atoms with E-state index in [0.717, 1.165) is 16.7 Å². The third kappa shape index (κ3) is 3.74. The van der Waals surface area contributed by atoms with Crippen molar-refractivity contribution in [3.63, 3.8) is 0 Å². The fourth-order valence-corrected chi connectivity index (χ4v) is 2.84. The van der Waals surface area contributed by atoms with E-state index in [4.69, 9.17) is 29.0 Å². The molecule has 0 spiro atoms. The first kappa shape index (κ1) is 16.2. The van der Waals surface area contributed by atoms with Gasteiger partial charge in [-0.2, -0.15) is 0 Å². The molecule has 0 aliphatic carbocycles. The highest BCUT2D eigenvalue weighted by Gasteiger charge is 2.18. The van der Waals surface area contributed by atoms with Crippen LogP contribution in [0, 0.1) is 19.7 Å². The van der Waals surface area contributed by atoms with Crippen molar-refractivity contribution >= 4 is 23.2 Å². The SMILES string of the molecule is Cc1cc(C)c(C(Cc2ccc(Cl)c(Cl)c2)NN)c(F)c1. The maximum absolute atomic E-state index is 14.3. The molecule has 5 heteroatoms. The Balaban J connectivity index is 2.34. The lowest BCUT2D eigenvalue weighted by Gasteiger charge is -2.20. The van der Waals surface area contributed by atoms with E-state index in [1.165, 1.54) is 6.07 Å². The molecule has 0 amide bonds. The molecule has 2 nitrogen and oxygen atoms in total. The first-order valence-electron chi connectivity index (χ1n) is 6.59. The minimum Gasteiger partial charge on any atom is -0.271 e. The molecule has 2 rings (SSSR count). The van der Waals surface area contributed by atoms with Crippen LogP contribution < -0.4 is 11.3 Å². The number of rotatable bonds is 4. The number of hydrazine groups is 1. The zero-order valence-corrected chi connectivity index (χ0v) is 13.4. The summed E-state index contributed by atoms with van der Waals surface area (Å²) in [5, 5.41) is 0.974. The molecule has 0 saturated carbocycles. The van der Waals surface area contributed by atoms with E-state index in [-0.39, 0.29) is 11.9 Å². The van der Waals surface area contributed by atoms with Gasteiger partial charge in [0.1, 0.15) is 5.82 Å². The standard InChI is InChI=1S/C16H17Cl2FN2/c1-9-5-10(2)16(14(19)6-9)15(21-20)8-11-3-4-12(17)13(18)7-11/h3-7,15,21H,8,20H2,1-2H3. The summed E-state index contributed by atoms with van der Waals surface area (Å²) >= 11 is 11.9. The monoisotopic (exact) mass is 326 g/mol. The van der Waals surface area contributed by atoms with Gasteiger partial charge in [0.05, 0.1) is 16.1 Å². The highest BCUT2D eigenvalue weighted by atomic mass is 35.5. The Morgan fingerprint density at radius 2 is 1.86 bits per heavy atom. The number of halogens is 3.